The van der Waals surface area contributed by atoms with E-state index in [9.17, 15) is 14.7 Å². The molecule has 126 valence electrons. The third-order valence-electron chi connectivity index (χ3n) is 3.92. The molecule has 1 aliphatic rings. The van der Waals surface area contributed by atoms with Crippen molar-refractivity contribution >= 4 is 11.9 Å². The minimum Gasteiger partial charge on any atom is -0.480 e. The maximum absolute atomic E-state index is 12.3. The molecular weight excluding hydrogens is 296 g/mol. The molecule has 2 N–H and O–H groups in total. The molecule has 6 nitrogen and oxygen atoms in total. The van der Waals surface area contributed by atoms with Crippen LogP contribution in [0.4, 0.5) is 0 Å². The highest BCUT2D eigenvalue weighted by Crippen LogP contribution is 2.11. The number of ether oxygens (including phenoxy) is 1. The zero-order chi connectivity index (χ0) is 16.8. The molecule has 6 heteroatoms. The number of rotatable bonds is 6. The average Bonchev–Trinajstić information content (AvgIpc) is 2.53. The van der Waals surface area contributed by atoms with Crippen molar-refractivity contribution in [1.29, 1.82) is 0 Å². The van der Waals surface area contributed by atoms with Crippen molar-refractivity contribution in [2.24, 2.45) is 5.92 Å². The summed E-state index contributed by atoms with van der Waals surface area (Å²) in [6.07, 6.45) is -0.631. The van der Waals surface area contributed by atoms with Gasteiger partial charge in [-0.1, -0.05) is 44.2 Å². The van der Waals surface area contributed by atoms with E-state index in [2.05, 4.69) is 10.2 Å². The van der Waals surface area contributed by atoms with Crippen LogP contribution in [0, 0.1) is 5.92 Å². The van der Waals surface area contributed by atoms with Gasteiger partial charge >= 0.3 is 5.97 Å². The summed E-state index contributed by atoms with van der Waals surface area (Å²) in [5.74, 6) is -1.56. The number of hydrogen-bond donors (Lipinski definition) is 2. The first kappa shape index (κ1) is 17.4. The Morgan fingerprint density at radius 3 is 2.65 bits per heavy atom. The standard InChI is InChI=1S/C17H24N2O4/c1-12(2)15(17(21)22)18-16(20)14-11-19(8-9-23-14)10-13-6-4-3-5-7-13/h3-7,12,14-15H,8-11H2,1-2H3,(H,18,20)(H,21,22)/t14-,15-/m0/s1. The fourth-order valence-electron chi connectivity index (χ4n) is 2.61. The number of nitrogens with zero attached hydrogens (tertiary/aromatic N) is 1. The lowest BCUT2D eigenvalue weighted by Crippen LogP contribution is -2.54. The smallest absolute Gasteiger partial charge is 0.326 e. The summed E-state index contributed by atoms with van der Waals surface area (Å²) in [5.41, 5.74) is 1.18. The highest BCUT2D eigenvalue weighted by atomic mass is 16.5. The Bertz CT molecular complexity index is 533. The number of benzene rings is 1. The fourth-order valence-corrected chi connectivity index (χ4v) is 2.61. The summed E-state index contributed by atoms with van der Waals surface area (Å²) in [4.78, 5) is 25.6. The van der Waals surface area contributed by atoms with Crippen LogP contribution in [-0.2, 0) is 20.9 Å². The second-order valence-corrected chi connectivity index (χ2v) is 6.15. The van der Waals surface area contributed by atoms with E-state index in [1.165, 1.54) is 5.56 Å². The molecule has 2 atom stereocenters. The first-order chi connectivity index (χ1) is 11.0. The monoisotopic (exact) mass is 320 g/mol. The second-order valence-electron chi connectivity index (χ2n) is 6.15. The van der Waals surface area contributed by atoms with Gasteiger partial charge in [0.25, 0.3) is 5.91 Å². The molecule has 1 saturated heterocycles. The summed E-state index contributed by atoms with van der Waals surface area (Å²) in [5, 5.41) is 11.8. The van der Waals surface area contributed by atoms with Crippen LogP contribution in [0.1, 0.15) is 19.4 Å². The zero-order valence-electron chi connectivity index (χ0n) is 13.6. The lowest BCUT2D eigenvalue weighted by Gasteiger charge is -2.33. The van der Waals surface area contributed by atoms with E-state index in [0.29, 0.717) is 13.2 Å². The molecule has 2 rings (SSSR count). The molecule has 1 amide bonds. The Kier molecular flexibility index (Phi) is 6.12. The minimum atomic E-state index is -1.02. The van der Waals surface area contributed by atoms with Gasteiger partial charge < -0.3 is 15.2 Å². The Hall–Kier alpha value is -1.92. The predicted octanol–water partition coefficient (Wildman–Crippen LogP) is 1.11. The minimum absolute atomic E-state index is 0.180. The zero-order valence-corrected chi connectivity index (χ0v) is 13.6. The van der Waals surface area contributed by atoms with Crippen molar-refractivity contribution in [1.82, 2.24) is 10.2 Å². The van der Waals surface area contributed by atoms with Gasteiger partial charge in [-0.15, -0.1) is 0 Å². The maximum Gasteiger partial charge on any atom is 0.326 e. The van der Waals surface area contributed by atoms with Gasteiger partial charge in [0.2, 0.25) is 0 Å². The number of aliphatic carboxylic acids is 1. The maximum atomic E-state index is 12.3. The van der Waals surface area contributed by atoms with Crippen molar-refractivity contribution < 1.29 is 19.4 Å². The molecule has 1 fully saturated rings. The lowest BCUT2D eigenvalue weighted by atomic mass is 10.0. The van der Waals surface area contributed by atoms with Gasteiger partial charge in [-0.05, 0) is 11.5 Å². The normalized spacial score (nSPS) is 20.2. The molecule has 0 radical (unpaired) electrons. The van der Waals surface area contributed by atoms with Crippen molar-refractivity contribution in [3.63, 3.8) is 0 Å². The molecule has 1 heterocycles. The Morgan fingerprint density at radius 2 is 2.04 bits per heavy atom. The Balaban J connectivity index is 1.92. The van der Waals surface area contributed by atoms with Gasteiger partial charge in [-0.25, -0.2) is 4.79 Å². The summed E-state index contributed by atoms with van der Waals surface area (Å²) in [7, 11) is 0. The van der Waals surface area contributed by atoms with E-state index >= 15 is 0 Å². The molecule has 1 aromatic carbocycles. The molecule has 0 spiro atoms. The number of nitrogens with one attached hydrogen (secondary N) is 1. The summed E-state index contributed by atoms with van der Waals surface area (Å²) in [6.45, 7) is 5.96. The number of carbonyl (C=O) groups is 2. The first-order valence-corrected chi connectivity index (χ1v) is 7.88. The van der Waals surface area contributed by atoms with Gasteiger partial charge in [0.15, 0.2) is 0 Å². The van der Waals surface area contributed by atoms with Crippen LogP contribution in [0.5, 0.6) is 0 Å². The number of carboxylic acid groups (broad SMARTS) is 1. The molecular formula is C17H24N2O4. The van der Waals surface area contributed by atoms with Crippen LogP contribution in [0.2, 0.25) is 0 Å². The van der Waals surface area contributed by atoms with Crippen LogP contribution >= 0.6 is 0 Å². The van der Waals surface area contributed by atoms with Crippen LogP contribution < -0.4 is 5.32 Å². The highest BCUT2D eigenvalue weighted by Gasteiger charge is 2.31. The van der Waals surface area contributed by atoms with E-state index in [0.717, 1.165) is 13.1 Å². The van der Waals surface area contributed by atoms with Gasteiger partial charge in [0, 0.05) is 19.6 Å². The van der Waals surface area contributed by atoms with Gasteiger partial charge in [0.1, 0.15) is 12.1 Å². The van der Waals surface area contributed by atoms with Crippen LogP contribution in [0.15, 0.2) is 30.3 Å². The number of carboxylic acids is 1. The molecule has 1 aliphatic heterocycles. The summed E-state index contributed by atoms with van der Waals surface area (Å²) < 4.78 is 5.52. The number of morpholine rings is 1. The van der Waals surface area contributed by atoms with Crippen LogP contribution in [0.25, 0.3) is 0 Å². The van der Waals surface area contributed by atoms with Crippen molar-refractivity contribution in [3.05, 3.63) is 35.9 Å². The molecule has 23 heavy (non-hydrogen) atoms. The van der Waals surface area contributed by atoms with E-state index in [-0.39, 0.29) is 11.8 Å². The molecule has 1 aromatic rings. The number of hydrogen-bond acceptors (Lipinski definition) is 4. The summed E-state index contributed by atoms with van der Waals surface area (Å²) in [6, 6.07) is 9.14. The van der Waals surface area contributed by atoms with E-state index in [1.54, 1.807) is 13.8 Å². The highest BCUT2D eigenvalue weighted by molar-refractivity contribution is 5.86. The van der Waals surface area contributed by atoms with E-state index in [1.807, 2.05) is 30.3 Å². The SMILES string of the molecule is CC(C)[C@H](NC(=O)[C@@H]1CN(Cc2ccccc2)CCO1)C(=O)O. The molecule has 0 aromatic heterocycles. The molecule has 0 saturated carbocycles. The molecule has 0 unspecified atom stereocenters. The van der Waals surface area contributed by atoms with Crippen molar-refractivity contribution in [2.45, 2.75) is 32.5 Å². The largest absolute Gasteiger partial charge is 0.480 e. The van der Waals surface area contributed by atoms with Crippen LogP contribution in [0.3, 0.4) is 0 Å². The first-order valence-electron chi connectivity index (χ1n) is 7.88. The Labute approximate surface area is 136 Å². The fraction of sp³-hybridized carbons (Fsp3) is 0.529. The predicted molar refractivity (Wildman–Crippen MR) is 85.9 cm³/mol. The van der Waals surface area contributed by atoms with Gasteiger partial charge in [0.05, 0.1) is 6.61 Å². The topological polar surface area (TPSA) is 78.9 Å². The number of amides is 1. The Morgan fingerprint density at radius 1 is 1.35 bits per heavy atom. The second kappa shape index (κ2) is 8.08. The summed E-state index contributed by atoms with van der Waals surface area (Å²) >= 11 is 0. The molecule has 0 bridgehead atoms. The third-order valence-corrected chi connectivity index (χ3v) is 3.92. The van der Waals surface area contributed by atoms with Crippen molar-refractivity contribution in [2.75, 3.05) is 19.7 Å². The third kappa shape index (κ3) is 5.04. The van der Waals surface area contributed by atoms with E-state index < -0.39 is 18.1 Å². The van der Waals surface area contributed by atoms with Gasteiger partial charge in [-0.3, -0.25) is 9.69 Å². The quantitative estimate of drug-likeness (QED) is 0.821. The average molecular weight is 320 g/mol. The lowest BCUT2D eigenvalue weighted by molar-refractivity contribution is -0.148. The van der Waals surface area contributed by atoms with Gasteiger partial charge in [-0.2, -0.15) is 0 Å². The molecule has 0 aliphatic carbocycles. The van der Waals surface area contributed by atoms with E-state index in [4.69, 9.17) is 4.74 Å². The van der Waals surface area contributed by atoms with Crippen LogP contribution in [-0.4, -0.2) is 53.7 Å². The number of carbonyl (C=O) groups excluding carboxylic acids is 1. The van der Waals surface area contributed by atoms with Crippen molar-refractivity contribution in [3.8, 4) is 0 Å².